The second-order valence-electron chi connectivity index (χ2n) is 5.79. The molecule has 1 aliphatic rings. The van der Waals surface area contributed by atoms with E-state index in [0.717, 1.165) is 21.1 Å². The van der Waals surface area contributed by atoms with Crippen LogP contribution in [0.2, 0.25) is 0 Å². The van der Waals surface area contributed by atoms with Crippen molar-refractivity contribution in [1.82, 2.24) is 4.98 Å². The molecule has 0 spiro atoms. The van der Waals surface area contributed by atoms with Crippen LogP contribution in [0.3, 0.4) is 0 Å². The number of pyridine rings is 1. The number of benzene rings is 1. The summed E-state index contributed by atoms with van der Waals surface area (Å²) in [5, 5.41) is 9.22. The summed E-state index contributed by atoms with van der Waals surface area (Å²) in [4.78, 5) is 15.3. The summed E-state index contributed by atoms with van der Waals surface area (Å²) in [6, 6.07) is 7.84. The zero-order chi connectivity index (χ0) is 16.4. The molecular formula is C18H18INO3. The molecule has 1 heterocycles. The largest absolute Gasteiger partial charge is 0.491 e. The molecule has 3 rings (SSSR count). The minimum absolute atomic E-state index is 0.0362. The van der Waals surface area contributed by atoms with Crippen molar-refractivity contribution in [3.8, 4) is 16.9 Å². The van der Waals surface area contributed by atoms with Crippen molar-refractivity contribution in [2.24, 2.45) is 5.92 Å². The van der Waals surface area contributed by atoms with Crippen LogP contribution in [-0.2, 0) is 6.42 Å². The number of hydrogen-bond donors (Lipinski definition) is 1. The Kier molecular flexibility index (Phi) is 4.84. The number of rotatable bonds is 6. The van der Waals surface area contributed by atoms with Gasteiger partial charge < -0.3 is 9.84 Å². The first-order chi connectivity index (χ1) is 11.1. The Labute approximate surface area is 149 Å². The maximum absolute atomic E-state index is 11.3. The second-order valence-corrected chi connectivity index (χ2v) is 6.96. The number of carbonyl (C=O) groups is 1. The molecule has 0 amide bonds. The molecule has 1 aromatic heterocycles. The van der Waals surface area contributed by atoms with Gasteiger partial charge in [-0.3, -0.25) is 0 Å². The number of aromatic nitrogens is 1. The molecule has 2 aromatic rings. The van der Waals surface area contributed by atoms with E-state index < -0.39 is 5.97 Å². The molecular weight excluding hydrogens is 405 g/mol. The first-order valence-electron chi connectivity index (χ1n) is 7.73. The summed E-state index contributed by atoms with van der Waals surface area (Å²) >= 11 is 2.29. The van der Waals surface area contributed by atoms with Crippen LogP contribution in [0.1, 0.15) is 35.8 Å². The number of carboxylic acids is 1. The monoisotopic (exact) mass is 423 g/mol. The van der Waals surface area contributed by atoms with Gasteiger partial charge in [0.2, 0.25) is 0 Å². The number of carboxylic acid groups (broad SMARTS) is 1. The second kappa shape index (κ2) is 6.86. The predicted molar refractivity (Wildman–Crippen MR) is 96.9 cm³/mol. The van der Waals surface area contributed by atoms with E-state index in [0.29, 0.717) is 18.3 Å². The third-order valence-electron chi connectivity index (χ3n) is 3.99. The lowest BCUT2D eigenvalue weighted by Gasteiger charge is -2.14. The minimum atomic E-state index is -1.03. The van der Waals surface area contributed by atoms with Gasteiger partial charge in [0.05, 0.1) is 12.8 Å². The number of aryl methyl sites for hydroxylation is 1. The van der Waals surface area contributed by atoms with E-state index in [1.54, 1.807) is 6.07 Å². The Hall–Kier alpha value is -1.63. The van der Waals surface area contributed by atoms with E-state index in [4.69, 9.17) is 4.74 Å². The molecule has 1 saturated carbocycles. The lowest BCUT2D eigenvalue weighted by Crippen LogP contribution is -2.05. The van der Waals surface area contributed by atoms with E-state index in [-0.39, 0.29) is 5.69 Å². The van der Waals surface area contributed by atoms with Gasteiger partial charge in [0.25, 0.3) is 0 Å². The maximum Gasteiger partial charge on any atom is 0.354 e. The maximum atomic E-state index is 11.3. The lowest BCUT2D eigenvalue weighted by atomic mass is 10.0. The van der Waals surface area contributed by atoms with Gasteiger partial charge in [0.1, 0.15) is 11.4 Å². The van der Waals surface area contributed by atoms with Crippen molar-refractivity contribution in [3.05, 3.63) is 45.3 Å². The highest BCUT2D eigenvalue weighted by Crippen LogP contribution is 2.36. The average molecular weight is 423 g/mol. The van der Waals surface area contributed by atoms with Crippen molar-refractivity contribution >= 4 is 28.6 Å². The summed E-state index contributed by atoms with van der Waals surface area (Å²) in [5.41, 5.74) is 3.07. The molecule has 0 saturated heterocycles. The van der Waals surface area contributed by atoms with Crippen molar-refractivity contribution < 1.29 is 14.6 Å². The molecule has 0 aliphatic heterocycles. The van der Waals surface area contributed by atoms with Gasteiger partial charge in [-0.25, -0.2) is 9.78 Å². The fourth-order valence-corrected chi connectivity index (χ4v) is 3.24. The average Bonchev–Trinajstić information content (AvgIpc) is 3.37. The molecule has 23 heavy (non-hydrogen) atoms. The Morgan fingerprint density at radius 3 is 2.74 bits per heavy atom. The van der Waals surface area contributed by atoms with E-state index in [9.17, 15) is 9.90 Å². The molecule has 0 bridgehead atoms. The molecule has 4 nitrogen and oxygen atoms in total. The SMILES string of the molecule is CCc1ccc(-c2cc(C(=O)O)ncc2OCC2CC2)c(I)c1. The van der Waals surface area contributed by atoms with Crippen molar-refractivity contribution in [3.63, 3.8) is 0 Å². The van der Waals surface area contributed by atoms with Gasteiger partial charge in [-0.15, -0.1) is 0 Å². The summed E-state index contributed by atoms with van der Waals surface area (Å²) in [5.74, 6) is 0.257. The number of nitrogens with zero attached hydrogens (tertiary/aromatic N) is 1. The highest BCUT2D eigenvalue weighted by molar-refractivity contribution is 14.1. The third-order valence-corrected chi connectivity index (χ3v) is 4.88. The molecule has 1 aliphatic carbocycles. The zero-order valence-electron chi connectivity index (χ0n) is 12.9. The fraction of sp³-hybridized carbons (Fsp3) is 0.333. The lowest BCUT2D eigenvalue weighted by molar-refractivity contribution is 0.0690. The van der Waals surface area contributed by atoms with Crippen molar-refractivity contribution in [1.29, 1.82) is 0 Å². The molecule has 0 radical (unpaired) electrons. The van der Waals surface area contributed by atoms with Crippen LogP contribution in [0, 0.1) is 9.49 Å². The highest BCUT2D eigenvalue weighted by atomic mass is 127. The summed E-state index contributed by atoms with van der Waals surface area (Å²) in [6.07, 6.45) is 4.92. The topological polar surface area (TPSA) is 59.4 Å². The van der Waals surface area contributed by atoms with E-state index in [1.165, 1.54) is 24.6 Å². The van der Waals surface area contributed by atoms with E-state index >= 15 is 0 Å². The van der Waals surface area contributed by atoms with E-state index in [1.807, 2.05) is 6.07 Å². The van der Waals surface area contributed by atoms with Crippen LogP contribution in [0.4, 0.5) is 0 Å². The standard InChI is InChI=1S/C18H18INO3/c1-2-11-5-6-13(15(19)7-11)14-8-16(18(21)22)20-9-17(14)23-10-12-3-4-12/h5-9,12H,2-4,10H2,1H3,(H,21,22). The predicted octanol–water partition coefficient (Wildman–Crippen LogP) is 4.40. The number of ether oxygens (including phenoxy) is 1. The third kappa shape index (κ3) is 3.83. The Bertz CT molecular complexity index is 741. The van der Waals surface area contributed by atoms with Crippen LogP contribution in [0.15, 0.2) is 30.5 Å². The molecule has 1 N–H and O–H groups in total. The zero-order valence-corrected chi connectivity index (χ0v) is 15.0. The number of halogens is 1. The fourth-order valence-electron chi connectivity index (χ4n) is 2.37. The Morgan fingerprint density at radius 2 is 2.13 bits per heavy atom. The van der Waals surface area contributed by atoms with Crippen LogP contribution in [0.25, 0.3) is 11.1 Å². The van der Waals surface area contributed by atoms with Gasteiger partial charge >= 0.3 is 5.97 Å². The molecule has 1 fully saturated rings. The summed E-state index contributed by atoms with van der Waals surface area (Å²) < 4.78 is 6.99. The van der Waals surface area contributed by atoms with Crippen molar-refractivity contribution in [2.75, 3.05) is 6.61 Å². The van der Waals surface area contributed by atoms with Crippen molar-refractivity contribution in [2.45, 2.75) is 26.2 Å². The minimum Gasteiger partial charge on any atom is -0.491 e. The molecule has 0 unspecified atom stereocenters. The highest BCUT2D eigenvalue weighted by Gasteiger charge is 2.23. The Balaban J connectivity index is 2.02. The van der Waals surface area contributed by atoms with Crippen LogP contribution >= 0.6 is 22.6 Å². The van der Waals surface area contributed by atoms with Crippen LogP contribution in [-0.4, -0.2) is 22.7 Å². The quantitative estimate of drug-likeness (QED) is 0.700. The van der Waals surface area contributed by atoms with Crippen LogP contribution in [0.5, 0.6) is 5.75 Å². The molecule has 120 valence electrons. The number of hydrogen-bond acceptors (Lipinski definition) is 3. The van der Waals surface area contributed by atoms with Gasteiger partial charge in [-0.1, -0.05) is 19.1 Å². The van der Waals surface area contributed by atoms with Gasteiger partial charge in [-0.05, 0) is 71.0 Å². The molecule has 1 aromatic carbocycles. The van der Waals surface area contributed by atoms with E-state index in [2.05, 4.69) is 46.6 Å². The van der Waals surface area contributed by atoms with Gasteiger partial charge in [0.15, 0.2) is 0 Å². The van der Waals surface area contributed by atoms with Gasteiger partial charge in [0, 0.05) is 9.13 Å². The first-order valence-corrected chi connectivity index (χ1v) is 8.81. The molecule has 5 heteroatoms. The van der Waals surface area contributed by atoms with Gasteiger partial charge in [-0.2, -0.15) is 0 Å². The summed E-state index contributed by atoms with van der Waals surface area (Å²) in [6.45, 7) is 2.79. The smallest absolute Gasteiger partial charge is 0.354 e. The first kappa shape index (κ1) is 16.2. The normalized spacial score (nSPS) is 13.8. The summed E-state index contributed by atoms with van der Waals surface area (Å²) in [7, 11) is 0. The Morgan fingerprint density at radius 1 is 1.35 bits per heavy atom. The molecule has 0 atom stereocenters. The van der Waals surface area contributed by atoms with Crippen LogP contribution < -0.4 is 4.74 Å². The number of aromatic carboxylic acids is 1.